The molecule has 0 amide bonds. The fourth-order valence-corrected chi connectivity index (χ4v) is 2.48. The van der Waals surface area contributed by atoms with E-state index in [1.54, 1.807) is 29.1 Å². The smallest absolute Gasteiger partial charge is 0.126 e. The summed E-state index contributed by atoms with van der Waals surface area (Å²) in [7, 11) is 0. The summed E-state index contributed by atoms with van der Waals surface area (Å²) < 4.78 is 16.0. The van der Waals surface area contributed by atoms with Crippen LogP contribution in [0.5, 0.6) is 0 Å². The van der Waals surface area contributed by atoms with Gasteiger partial charge in [0.1, 0.15) is 11.9 Å². The molecule has 2 aromatic rings. The lowest BCUT2D eigenvalue weighted by atomic mass is 10.1. The number of nitrogens with zero attached hydrogens (tertiary/aromatic N) is 2. The third kappa shape index (κ3) is 2.62. The minimum Gasteiger partial charge on any atom is -0.386 e. The molecule has 0 saturated heterocycles. The fraction of sp³-hybridized carbons (Fsp3) is 0.308. The average Bonchev–Trinajstić information content (AvgIpc) is 2.73. The Labute approximate surface area is 113 Å². The number of halogens is 2. The van der Waals surface area contributed by atoms with Crippen molar-refractivity contribution in [3.8, 4) is 0 Å². The van der Waals surface area contributed by atoms with Crippen LogP contribution in [0.3, 0.4) is 0 Å². The highest BCUT2D eigenvalue weighted by molar-refractivity contribution is 9.10. The molecule has 1 unspecified atom stereocenters. The van der Waals surface area contributed by atoms with Gasteiger partial charge in [0.05, 0.1) is 16.4 Å². The Morgan fingerprint density at radius 1 is 1.44 bits per heavy atom. The van der Waals surface area contributed by atoms with E-state index in [1.807, 2.05) is 6.92 Å². The summed E-state index contributed by atoms with van der Waals surface area (Å²) in [6, 6.07) is 6.47. The molecule has 96 valence electrons. The minimum absolute atomic E-state index is 0.233. The Bertz CT molecular complexity index is 542. The fourth-order valence-electron chi connectivity index (χ4n) is 1.92. The average molecular weight is 313 g/mol. The van der Waals surface area contributed by atoms with Crippen LogP contribution in [0.2, 0.25) is 0 Å². The van der Waals surface area contributed by atoms with Crippen LogP contribution in [0.15, 0.2) is 34.9 Å². The van der Waals surface area contributed by atoms with Crippen LogP contribution in [-0.2, 0) is 13.0 Å². The highest BCUT2D eigenvalue weighted by atomic mass is 79.9. The largest absolute Gasteiger partial charge is 0.386 e. The summed E-state index contributed by atoms with van der Waals surface area (Å²) in [4.78, 5) is 0. The van der Waals surface area contributed by atoms with E-state index in [1.165, 1.54) is 6.07 Å². The molecule has 1 atom stereocenters. The number of aryl methyl sites for hydroxylation is 1. The first-order chi connectivity index (χ1) is 8.63. The molecule has 0 saturated carbocycles. The van der Waals surface area contributed by atoms with E-state index >= 15 is 0 Å². The lowest BCUT2D eigenvalue weighted by molar-refractivity contribution is 0.165. The molecule has 1 aromatic carbocycles. The van der Waals surface area contributed by atoms with Gasteiger partial charge in [0.15, 0.2) is 0 Å². The quantitative estimate of drug-likeness (QED) is 0.942. The zero-order valence-electron chi connectivity index (χ0n) is 9.98. The molecular weight excluding hydrogens is 299 g/mol. The van der Waals surface area contributed by atoms with Gasteiger partial charge >= 0.3 is 0 Å². The summed E-state index contributed by atoms with van der Waals surface area (Å²) in [6.07, 6.45) is 1.10. The number of aliphatic hydroxyl groups excluding tert-OH is 1. The summed E-state index contributed by atoms with van der Waals surface area (Å²) in [5.74, 6) is -0.296. The Balaban J connectivity index is 2.24. The van der Waals surface area contributed by atoms with Gasteiger partial charge in [-0.2, -0.15) is 5.10 Å². The Morgan fingerprint density at radius 3 is 2.83 bits per heavy atom. The summed E-state index contributed by atoms with van der Waals surface area (Å²) in [5, 5.41) is 14.4. The molecule has 3 nitrogen and oxygen atoms in total. The van der Waals surface area contributed by atoms with E-state index < -0.39 is 6.10 Å². The van der Waals surface area contributed by atoms with Crippen LogP contribution in [0.25, 0.3) is 0 Å². The molecule has 1 aromatic heterocycles. The van der Waals surface area contributed by atoms with Gasteiger partial charge in [0.25, 0.3) is 0 Å². The molecule has 2 rings (SSSR count). The Hall–Kier alpha value is -1.20. The number of hydrogen-bond acceptors (Lipinski definition) is 2. The highest BCUT2D eigenvalue weighted by Gasteiger charge is 2.18. The van der Waals surface area contributed by atoms with E-state index in [0.29, 0.717) is 17.8 Å². The zero-order valence-corrected chi connectivity index (χ0v) is 11.6. The summed E-state index contributed by atoms with van der Waals surface area (Å²) in [5.41, 5.74) is 1.18. The second-order valence-electron chi connectivity index (χ2n) is 4.00. The number of aliphatic hydroxyl groups is 1. The molecule has 0 aliphatic rings. The first kappa shape index (κ1) is 13.2. The molecule has 0 aliphatic heterocycles. The monoisotopic (exact) mass is 312 g/mol. The van der Waals surface area contributed by atoms with Gasteiger partial charge in [0, 0.05) is 13.0 Å². The van der Waals surface area contributed by atoms with Crippen molar-refractivity contribution in [1.29, 1.82) is 0 Å². The third-order valence-electron chi connectivity index (χ3n) is 2.82. The molecule has 0 bridgehead atoms. The van der Waals surface area contributed by atoms with Crippen molar-refractivity contribution in [2.75, 3.05) is 0 Å². The summed E-state index contributed by atoms with van der Waals surface area (Å²) >= 11 is 3.35. The third-order valence-corrected chi connectivity index (χ3v) is 3.43. The van der Waals surface area contributed by atoms with E-state index in [9.17, 15) is 9.50 Å². The van der Waals surface area contributed by atoms with Gasteiger partial charge in [-0.1, -0.05) is 18.2 Å². The van der Waals surface area contributed by atoms with Crippen molar-refractivity contribution in [2.45, 2.75) is 26.0 Å². The molecule has 1 heterocycles. The highest BCUT2D eigenvalue weighted by Crippen LogP contribution is 2.26. The predicted molar refractivity (Wildman–Crippen MR) is 70.7 cm³/mol. The van der Waals surface area contributed by atoms with Gasteiger partial charge in [-0.25, -0.2) is 4.39 Å². The van der Waals surface area contributed by atoms with Gasteiger partial charge in [0.2, 0.25) is 0 Å². The Kier molecular flexibility index (Phi) is 4.14. The molecule has 0 aliphatic carbocycles. The maximum absolute atomic E-state index is 13.5. The van der Waals surface area contributed by atoms with Crippen LogP contribution < -0.4 is 0 Å². The molecular formula is C13H14BrFN2O. The van der Waals surface area contributed by atoms with Crippen molar-refractivity contribution in [1.82, 2.24) is 9.78 Å². The lowest BCUT2D eigenvalue weighted by Crippen LogP contribution is -2.11. The zero-order chi connectivity index (χ0) is 13.1. The summed E-state index contributed by atoms with van der Waals surface area (Å²) in [6.45, 7) is 2.61. The van der Waals surface area contributed by atoms with Crippen LogP contribution in [0, 0.1) is 5.82 Å². The standard InChI is InChI=1S/C13H14BrFN2O/c1-2-17-13(10(14)8-16-17)12(18)7-9-5-3-4-6-11(9)15/h3-6,8,12,18H,2,7H2,1H3. The van der Waals surface area contributed by atoms with Crippen LogP contribution in [-0.4, -0.2) is 14.9 Å². The van der Waals surface area contributed by atoms with E-state index in [2.05, 4.69) is 21.0 Å². The maximum atomic E-state index is 13.5. The molecule has 0 radical (unpaired) electrons. The van der Waals surface area contributed by atoms with Crippen molar-refractivity contribution in [3.05, 3.63) is 52.0 Å². The molecule has 5 heteroatoms. The van der Waals surface area contributed by atoms with E-state index in [0.717, 1.165) is 4.47 Å². The lowest BCUT2D eigenvalue weighted by Gasteiger charge is -2.13. The van der Waals surface area contributed by atoms with Crippen molar-refractivity contribution >= 4 is 15.9 Å². The van der Waals surface area contributed by atoms with Gasteiger partial charge < -0.3 is 5.11 Å². The van der Waals surface area contributed by atoms with Crippen molar-refractivity contribution in [2.24, 2.45) is 0 Å². The number of aromatic nitrogens is 2. The predicted octanol–water partition coefficient (Wildman–Crippen LogP) is 3.08. The second kappa shape index (κ2) is 5.63. The number of rotatable bonds is 4. The van der Waals surface area contributed by atoms with Gasteiger partial charge in [-0.3, -0.25) is 4.68 Å². The van der Waals surface area contributed by atoms with Gasteiger partial charge in [-0.05, 0) is 34.5 Å². The first-order valence-corrected chi connectivity index (χ1v) is 6.55. The van der Waals surface area contributed by atoms with Crippen LogP contribution in [0.4, 0.5) is 4.39 Å². The van der Waals surface area contributed by atoms with E-state index in [-0.39, 0.29) is 12.2 Å². The SMILES string of the molecule is CCn1ncc(Br)c1C(O)Cc1ccccc1F. The molecule has 0 fully saturated rings. The number of hydrogen-bond donors (Lipinski definition) is 1. The van der Waals surface area contributed by atoms with Crippen LogP contribution >= 0.6 is 15.9 Å². The topological polar surface area (TPSA) is 38.0 Å². The van der Waals surface area contributed by atoms with Gasteiger partial charge in [-0.15, -0.1) is 0 Å². The molecule has 0 spiro atoms. The van der Waals surface area contributed by atoms with E-state index in [4.69, 9.17) is 0 Å². The van der Waals surface area contributed by atoms with Crippen molar-refractivity contribution in [3.63, 3.8) is 0 Å². The number of benzene rings is 1. The van der Waals surface area contributed by atoms with Crippen LogP contribution in [0.1, 0.15) is 24.3 Å². The molecule has 1 N–H and O–H groups in total. The Morgan fingerprint density at radius 2 is 2.17 bits per heavy atom. The normalized spacial score (nSPS) is 12.7. The molecule has 18 heavy (non-hydrogen) atoms. The second-order valence-corrected chi connectivity index (χ2v) is 4.86. The van der Waals surface area contributed by atoms with Crippen molar-refractivity contribution < 1.29 is 9.50 Å². The minimum atomic E-state index is -0.779. The maximum Gasteiger partial charge on any atom is 0.126 e. The first-order valence-electron chi connectivity index (χ1n) is 5.76.